The van der Waals surface area contributed by atoms with Crippen molar-refractivity contribution in [2.75, 3.05) is 23.7 Å². The Kier molecular flexibility index (Phi) is 9.21. The molecular weight excluding hydrogens is 468 g/mol. The van der Waals surface area contributed by atoms with Gasteiger partial charge in [0.2, 0.25) is 0 Å². The first-order valence-electron chi connectivity index (χ1n) is 11.4. The average Bonchev–Trinajstić information content (AvgIpc) is 2.84. The summed E-state index contributed by atoms with van der Waals surface area (Å²) in [6, 6.07) is 17.0. The molecule has 0 saturated heterocycles. The number of carbonyl (C=O) groups excluding carboxylic acids is 1. The lowest BCUT2D eigenvalue weighted by molar-refractivity contribution is 0.100. The Morgan fingerprint density at radius 3 is 2.32 bits per heavy atom. The second-order valence-corrected chi connectivity index (χ2v) is 9.41. The highest BCUT2D eigenvalue weighted by Crippen LogP contribution is 2.32. The van der Waals surface area contributed by atoms with Gasteiger partial charge in [0.1, 0.15) is 0 Å². The number of aliphatic imine (C=N–C) groups is 1. The fraction of sp³-hybridized carbons (Fsp3) is 0.462. The van der Waals surface area contributed by atoms with Crippen LogP contribution in [0.1, 0.15) is 72.9 Å². The highest BCUT2D eigenvalue weighted by Gasteiger charge is 2.21. The van der Waals surface area contributed by atoms with Gasteiger partial charge >= 0.3 is 0 Å². The summed E-state index contributed by atoms with van der Waals surface area (Å²) in [6.45, 7) is 3.34. The van der Waals surface area contributed by atoms with E-state index in [-0.39, 0.29) is 22.8 Å². The molecule has 1 saturated carbocycles. The first-order valence-corrected chi connectivity index (χ1v) is 12.4. The molecule has 166 valence electrons. The average molecular weight is 502 g/mol. The zero-order valence-electron chi connectivity index (χ0n) is 18.4. The minimum atomic E-state index is 0. The molecule has 1 aliphatic carbocycles. The van der Waals surface area contributed by atoms with Crippen molar-refractivity contribution in [2.45, 2.75) is 57.8 Å². The molecule has 3 nitrogen and oxygen atoms in total. The summed E-state index contributed by atoms with van der Waals surface area (Å²) in [5, 5.41) is 0.970. The van der Waals surface area contributed by atoms with Gasteiger partial charge in [-0.25, -0.2) is 0 Å². The van der Waals surface area contributed by atoms with Crippen LogP contribution in [0, 0.1) is 0 Å². The Bertz CT molecular complexity index is 873. The number of ketones is 1. The van der Waals surface area contributed by atoms with E-state index in [0.717, 1.165) is 41.6 Å². The molecule has 5 heteroatoms. The van der Waals surface area contributed by atoms with Gasteiger partial charge in [-0.05, 0) is 54.9 Å². The number of halogens is 1. The standard InChI is InChI=1S/C26H32N2OS.BrH/c1-2-20-9-15-24(16-10-20)28(26-27-17-6-18-30-26)19-25(29)23-13-11-22(12-14-23)21-7-4-3-5-8-21;/h9-16,21H,2-8,17-19H2,1H3;1H. The van der Waals surface area contributed by atoms with Gasteiger partial charge in [0.25, 0.3) is 0 Å². The molecule has 2 aromatic rings. The van der Waals surface area contributed by atoms with E-state index >= 15 is 0 Å². The van der Waals surface area contributed by atoms with Crippen molar-refractivity contribution in [1.82, 2.24) is 0 Å². The summed E-state index contributed by atoms with van der Waals surface area (Å²) in [5.41, 5.74) is 4.55. The first-order chi connectivity index (χ1) is 14.7. The van der Waals surface area contributed by atoms with Crippen LogP contribution < -0.4 is 4.90 Å². The number of nitrogens with zero attached hydrogens (tertiary/aromatic N) is 2. The van der Waals surface area contributed by atoms with Crippen molar-refractivity contribution in [3.8, 4) is 0 Å². The number of rotatable bonds is 6. The van der Waals surface area contributed by atoms with E-state index in [1.807, 2.05) is 12.1 Å². The van der Waals surface area contributed by atoms with E-state index in [1.165, 1.54) is 43.2 Å². The first kappa shape index (κ1) is 24.1. The van der Waals surface area contributed by atoms with Gasteiger partial charge in [0, 0.05) is 23.5 Å². The Morgan fingerprint density at radius 1 is 1.00 bits per heavy atom. The van der Waals surface area contributed by atoms with Crippen LogP contribution in [0.3, 0.4) is 0 Å². The fourth-order valence-electron chi connectivity index (χ4n) is 4.40. The van der Waals surface area contributed by atoms with Crippen LogP contribution in [0.5, 0.6) is 0 Å². The maximum absolute atomic E-state index is 13.2. The quantitative estimate of drug-likeness (QED) is 0.398. The summed E-state index contributed by atoms with van der Waals surface area (Å²) < 4.78 is 0. The molecule has 0 spiro atoms. The predicted molar refractivity (Wildman–Crippen MR) is 139 cm³/mol. The van der Waals surface area contributed by atoms with E-state index in [1.54, 1.807) is 11.8 Å². The molecule has 1 aliphatic heterocycles. The molecule has 31 heavy (non-hydrogen) atoms. The van der Waals surface area contributed by atoms with Crippen LogP contribution in [-0.2, 0) is 6.42 Å². The van der Waals surface area contributed by atoms with Gasteiger partial charge in [0.15, 0.2) is 11.0 Å². The second kappa shape index (κ2) is 11.9. The molecule has 0 aromatic heterocycles. The van der Waals surface area contributed by atoms with Gasteiger partial charge in [0.05, 0.1) is 6.54 Å². The van der Waals surface area contributed by atoms with E-state index in [9.17, 15) is 4.79 Å². The topological polar surface area (TPSA) is 32.7 Å². The van der Waals surface area contributed by atoms with Gasteiger partial charge in [-0.2, -0.15) is 0 Å². The molecular formula is C26H33BrN2OS. The highest BCUT2D eigenvalue weighted by molar-refractivity contribution is 8.93. The molecule has 1 fully saturated rings. The summed E-state index contributed by atoms with van der Waals surface area (Å²) in [4.78, 5) is 20.0. The van der Waals surface area contributed by atoms with Gasteiger partial charge in [-0.1, -0.05) is 74.3 Å². The van der Waals surface area contributed by atoms with Crippen molar-refractivity contribution in [2.24, 2.45) is 4.99 Å². The van der Waals surface area contributed by atoms with Crippen LogP contribution >= 0.6 is 28.7 Å². The Morgan fingerprint density at radius 2 is 1.71 bits per heavy atom. The lowest BCUT2D eigenvalue weighted by Gasteiger charge is -2.27. The zero-order valence-corrected chi connectivity index (χ0v) is 20.9. The third kappa shape index (κ3) is 6.23. The van der Waals surface area contributed by atoms with Crippen molar-refractivity contribution in [3.05, 3.63) is 65.2 Å². The molecule has 4 rings (SSSR count). The van der Waals surface area contributed by atoms with Crippen molar-refractivity contribution in [1.29, 1.82) is 0 Å². The summed E-state index contributed by atoms with van der Waals surface area (Å²) in [7, 11) is 0. The molecule has 0 bridgehead atoms. The molecule has 0 amide bonds. The fourth-order valence-corrected chi connectivity index (χ4v) is 5.37. The predicted octanol–water partition coefficient (Wildman–Crippen LogP) is 7.06. The summed E-state index contributed by atoms with van der Waals surface area (Å²) >= 11 is 1.76. The number of amidine groups is 1. The Labute approximate surface area is 201 Å². The summed E-state index contributed by atoms with van der Waals surface area (Å²) in [6.07, 6.45) is 8.71. The molecule has 1 heterocycles. The Hall–Kier alpha value is -1.59. The minimum absolute atomic E-state index is 0. The van der Waals surface area contributed by atoms with Crippen molar-refractivity contribution in [3.63, 3.8) is 0 Å². The number of thioether (sulfide) groups is 1. The molecule has 0 radical (unpaired) electrons. The van der Waals surface area contributed by atoms with Crippen LogP contribution in [0.2, 0.25) is 0 Å². The maximum Gasteiger partial charge on any atom is 0.182 e. The third-order valence-electron chi connectivity index (χ3n) is 6.28. The lowest BCUT2D eigenvalue weighted by Crippen LogP contribution is -2.35. The highest BCUT2D eigenvalue weighted by atomic mass is 79.9. The molecule has 0 atom stereocenters. The van der Waals surface area contributed by atoms with Gasteiger partial charge in [-0.3, -0.25) is 9.79 Å². The number of anilines is 1. The number of Topliss-reactive ketones (excluding diaryl/α,β-unsaturated/α-hetero) is 1. The largest absolute Gasteiger partial charge is 0.313 e. The Balaban J connectivity index is 0.00000272. The molecule has 2 aromatic carbocycles. The van der Waals surface area contributed by atoms with E-state index in [4.69, 9.17) is 4.99 Å². The molecule has 0 unspecified atom stereocenters. The van der Waals surface area contributed by atoms with Crippen molar-refractivity contribution < 1.29 is 4.79 Å². The molecule has 0 N–H and O–H groups in total. The van der Waals surface area contributed by atoms with Crippen LogP contribution in [-0.4, -0.2) is 29.8 Å². The number of carbonyl (C=O) groups is 1. The monoisotopic (exact) mass is 500 g/mol. The zero-order chi connectivity index (χ0) is 20.8. The van der Waals surface area contributed by atoms with E-state index < -0.39 is 0 Å². The van der Waals surface area contributed by atoms with E-state index in [0.29, 0.717) is 12.5 Å². The van der Waals surface area contributed by atoms with E-state index in [2.05, 4.69) is 48.2 Å². The van der Waals surface area contributed by atoms with Gasteiger partial charge in [-0.15, -0.1) is 17.0 Å². The SMILES string of the molecule is Br.CCc1ccc(N(CC(=O)c2ccc(C3CCCCC3)cc2)C2=NCCCS2)cc1. The summed E-state index contributed by atoms with van der Waals surface area (Å²) in [5.74, 6) is 1.88. The number of benzene rings is 2. The van der Waals surface area contributed by atoms with Gasteiger partial charge < -0.3 is 4.90 Å². The molecule has 2 aliphatic rings. The minimum Gasteiger partial charge on any atom is -0.313 e. The number of aryl methyl sites for hydroxylation is 1. The lowest BCUT2D eigenvalue weighted by atomic mass is 9.84. The van der Waals surface area contributed by atoms with Crippen LogP contribution in [0.4, 0.5) is 5.69 Å². The normalized spacial score (nSPS) is 16.9. The van der Waals surface area contributed by atoms with Crippen LogP contribution in [0.25, 0.3) is 0 Å². The van der Waals surface area contributed by atoms with Crippen molar-refractivity contribution >= 4 is 45.4 Å². The van der Waals surface area contributed by atoms with Crippen LogP contribution in [0.15, 0.2) is 53.5 Å². The number of hydrogen-bond acceptors (Lipinski definition) is 4. The third-order valence-corrected chi connectivity index (χ3v) is 7.38. The smallest absolute Gasteiger partial charge is 0.182 e. The second-order valence-electron chi connectivity index (χ2n) is 8.35. The maximum atomic E-state index is 13.2. The number of hydrogen-bond donors (Lipinski definition) is 0.